The van der Waals surface area contributed by atoms with E-state index < -0.39 is 38.5 Å². The molecule has 1 amide bonds. The van der Waals surface area contributed by atoms with Crippen LogP contribution in [0.3, 0.4) is 0 Å². The molecule has 1 saturated carbocycles. The van der Waals surface area contributed by atoms with Gasteiger partial charge < -0.3 is 49.5 Å². The van der Waals surface area contributed by atoms with Crippen molar-refractivity contribution in [3.63, 3.8) is 0 Å². The van der Waals surface area contributed by atoms with Gasteiger partial charge in [-0.15, -0.1) is 0 Å². The highest BCUT2D eigenvalue weighted by Gasteiger charge is 2.51. The van der Waals surface area contributed by atoms with Crippen molar-refractivity contribution in [3.8, 4) is 11.6 Å². The maximum Gasteiger partial charge on any atom is 0.297 e. The smallest absolute Gasteiger partial charge is 0.297 e. The van der Waals surface area contributed by atoms with E-state index >= 15 is 8.42 Å². The fourth-order valence-corrected chi connectivity index (χ4v) is 15.4. The van der Waals surface area contributed by atoms with E-state index in [2.05, 4.69) is 63.1 Å². The number of hydrogen-bond acceptors (Lipinski definition) is 16. The van der Waals surface area contributed by atoms with Gasteiger partial charge in [0.2, 0.25) is 15.7 Å². The molecule has 8 aliphatic rings. The van der Waals surface area contributed by atoms with E-state index in [1.54, 1.807) is 18.3 Å². The van der Waals surface area contributed by atoms with Crippen LogP contribution in [0.1, 0.15) is 85.8 Å². The first-order valence-corrected chi connectivity index (χ1v) is 27.8. The summed E-state index contributed by atoms with van der Waals surface area (Å²) in [4.78, 5) is 42.9. The zero-order valence-corrected chi connectivity index (χ0v) is 42.6. The first-order chi connectivity index (χ1) is 35.8. The van der Waals surface area contributed by atoms with Gasteiger partial charge in [0.1, 0.15) is 28.9 Å². The SMILES string of the molecule is CC(C)c1ccccc1[C@@H]1COCCN1C1CC2(CCN(c3ccc(C(N)=O)c(N4c5cc6cc[nH]c6nc5O[C@H]5COCC[C@@H]54)c3S(=O)(=O)c3cc4c(c([N+](=O)[O-])c3)N[C@@H](CN3C[C@H]5C[C@@H]3CO5)CO4)CC2)C1. The predicted molar refractivity (Wildman–Crippen MR) is 276 cm³/mol. The number of piperidine rings is 1. The van der Waals surface area contributed by atoms with Crippen LogP contribution in [0.4, 0.5) is 28.4 Å². The number of nitrogens with two attached hydrogens (primary N) is 1. The molecular weight excluding hydrogens is 967 g/mol. The van der Waals surface area contributed by atoms with Crippen molar-refractivity contribution in [2.24, 2.45) is 11.1 Å². The number of sulfone groups is 1. The molecule has 7 aliphatic heterocycles. The van der Waals surface area contributed by atoms with E-state index in [0.717, 1.165) is 56.6 Å². The highest BCUT2D eigenvalue weighted by molar-refractivity contribution is 7.91. The number of nitro groups is 1. The summed E-state index contributed by atoms with van der Waals surface area (Å²) in [6.07, 6.45) is 6.42. The van der Waals surface area contributed by atoms with Gasteiger partial charge in [0.05, 0.1) is 77.4 Å². The predicted octanol–water partition coefficient (Wildman–Crippen LogP) is 6.68. The van der Waals surface area contributed by atoms with Crippen LogP contribution >= 0.6 is 0 Å². The Labute approximate surface area is 429 Å². The molecule has 19 nitrogen and oxygen atoms in total. The number of amides is 1. The van der Waals surface area contributed by atoms with Crippen LogP contribution in [-0.2, 0) is 24.0 Å². The summed E-state index contributed by atoms with van der Waals surface area (Å²) in [5, 5.41) is 17.2. The highest BCUT2D eigenvalue weighted by atomic mass is 32.2. The molecule has 2 aromatic heterocycles. The number of aromatic nitrogens is 2. The zero-order valence-electron chi connectivity index (χ0n) is 41.7. The molecule has 6 atom stereocenters. The Morgan fingerprint density at radius 2 is 1.80 bits per heavy atom. The Balaban J connectivity index is 0.887. The topological polar surface area (TPSA) is 220 Å². The number of nitrogens with zero attached hydrogens (tertiary/aromatic N) is 6. The maximum atomic E-state index is 16.2. The van der Waals surface area contributed by atoms with Gasteiger partial charge in [-0.05, 0) is 85.3 Å². The number of aromatic amines is 1. The first kappa shape index (κ1) is 47.7. The van der Waals surface area contributed by atoms with Crippen LogP contribution in [0.2, 0.25) is 0 Å². The number of rotatable bonds is 11. The van der Waals surface area contributed by atoms with Crippen molar-refractivity contribution in [1.82, 2.24) is 19.8 Å². The lowest BCUT2D eigenvalue weighted by Crippen LogP contribution is -2.58. The number of likely N-dealkylation sites (tertiary alicyclic amines) is 1. The molecule has 74 heavy (non-hydrogen) atoms. The van der Waals surface area contributed by atoms with Crippen molar-refractivity contribution in [2.45, 2.75) is 110 Å². The fraction of sp³-hybridized carbons (Fsp3) is 0.519. The third-order valence-corrected chi connectivity index (χ3v) is 19.2. The number of hydrogen-bond donors (Lipinski definition) is 3. The number of ether oxygens (including phenoxy) is 5. The van der Waals surface area contributed by atoms with Gasteiger partial charge in [0.25, 0.3) is 11.6 Å². The normalized spacial score (nSPS) is 26.7. The lowest BCUT2D eigenvalue weighted by molar-refractivity contribution is -0.384. The van der Waals surface area contributed by atoms with Crippen LogP contribution in [0.5, 0.6) is 11.6 Å². The van der Waals surface area contributed by atoms with Gasteiger partial charge in [-0.2, -0.15) is 4.98 Å². The van der Waals surface area contributed by atoms with E-state index in [0.29, 0.717) is 81.5 Å². The first-order valence-electron chi connectivity index (χ1n) is 26.3. The molecule has 6 fully saturated rings. The van der Waals surface area contributed by atoms with Crippen molar-refractivity contribution in [2.75, 3.05) is 87.5 Å². The number of pyridine rings is 1. The zero-order chi connectivity index (χ0) is 50.6. The average molecular weight is 1030 g/mol. The Morgan fingerprint density at radius 1 is 0.973 bits per heavy atom. The summed E-state index contributed by atoms with van der Waals surface area (Å²) in [5.41, 5.74) is 10.2. The molecule has 4 N–H and O–H groups in total. The van der Waals surface area contributed by atoms with E-state index in [1.165, 1.54) is 17.2 Å². The quantitative estimate of drug-likeness (QED) is 0.0928. The minimum absolute atomic E-state index is 0.0248. The van der Waals surface area contributed by atoms with E-state index in [-0.39, 0.29) is 81.2 Å². The summed E-state index contributed by atoms with van der Waals surface area (Å²) >= 11 is 0. The number of carbonyl (C=O) groups is 1. The lowest BCUT2D eigenvalue weighted by Gasteiger charge is -2.57. The minimum atomic E-state index is -4.78. The lowest BCUT2D eigenvalue weighted by atomic mass is 9.59. The standard InChI is InChI=1S/C54H63N9O10S/c1-31(2)38-5-3-4-6-39(38)45-29-70-18-16-61(45)35-23-54(24-35)11-14-59(15-12-54)42-8-7-40(51(55)64)49(62-41-10-17-69-30-47(41)73-53-44(62)19-32-9-13-56-52(32)58-53)50(42)74(67,68)37-21-43(63(65)66)48-46(22-37)72-27-33(57-48)25-60-26-36-20-34(60)28-71-36/h3-9,13,19,21-22,31,33-36,41,45,47,57H,10-12,14-18,20,23-30H2,1-2H3,(H2,55,64)(H,56,58)/t33-,34+,36+,41-,45-,47-/m0/s1. The second-order valence-electron chi connectivity index (χ2n) is 22.0. The number of morpholine rings is 2. The molecule has 3 aromatic carbocycles. The summed E-state index contributed by atoms with van der Waals surface area (Å²) in [7, 11) is -4.78. The number of primary amides is 1. The number of carbonyl (C=O) groups excluding carboxylic acids is 1. The van der Waals surface area contributed by atoms with E-state index in [9.17, 15) is 14.9 Å². The Kier molecular flexibility index (Phi) is 11.8. The number of anilines is 4. The Hall–Kier alpha value is -6.03. The monoisotopic (exact) mass is 1030 g/mol. The van der Waals surface area contributed by atoms with Gasteiger partial charge in [0, 0.05) is 75.1 Å². The third kappa shape index (κ3) is 8.05. The van der Waals surface area contributed by atoms with Crippen LogP contribution in [0.15, 0.2) is 76.7 Å². The average Bonchev–Trinajstić information content (AvgIpc) is 4.17. The molecule has 5 saturated heterocycles. The summed E-state index contributed by atoms with van der Waals surface area (Å²) in [6.45, 7) is 10.5. The molecule has 1 aliphatic carbocycles. The second-order valence-corrected chi connectivity index (χ2v) is 23.9. The second kappa shape index (κ2) is 18.4. The number of nitro benzene ring substituents is 1. The Bertz CT molecular complexity index is 3150. The molecule has 2 bridgehead atoms. The van der Waals surface area contributed by atoms with Crippen LogP contribution < -0.4 is 30.3 Å². The molecule has 1 spiro atoms. The largest absolute Gasteiger partial charge is 0.489 e. The summed E-state index contributed by atoms with van der Waals surface area (Å²) in [6, 6.07) is 18.3. The van der Waals surface area contributed by atoms with Gasteiger partial charge in [-0.1, -0.05) is 38.1 Å². The molecule has 0 radical (unpaired) electrons. The molecule has 5 aromatic rings. The van der Waals surface area contributed by atoms with Crippen molar-refractivity contribution in [3.05, 3.63) is 93.7 Å². The van der Waals surface area contributed by atoms with Crippen molar-refractivity contribution in [1.29, 1.82) is 0 Å². The maximum absolute atomic E-state index is 16.2. The van der Waals surface area contributed by atoms with Crippen LogP contribution in [0.25, 0.3) is 11.0 Å². The summed E-state index contributed by atoms with van der Waals surface area (Å²) in [5.74, 6) is -0.154. The van der Waals surface area contributed by atoms with Crippen LogP contribution in [-0.4, -0.2) is 148 Å². The number of H-pyrrole nitrogens is 1. The third-order valence-electron chi connectivity index (χ3n) is 17.4. The molecule has 9 heterocycles. The fourth-order valence-electron chi connectivity index (χ4n) is 13.7. The van der Waals surface area contributed by atoms with Gasteiger partial charge >= 0.3 is 0 Å². The van der Waals surface area contributed by atoms with Gasteiger partial charge in [-0.25, -0.2) is 8.42 Å². The Morgan fingerprint density at radius 3 is 2.57 bits per heavy atom. The number of fused-ring (bicyclic) bond motifs is 6. The van der Waals surface area contributed by atoms with Gasteiger partial charge in [-0.3, -0.25) is 24.7 Å². The molecule has 13 rings (SSSR count). The highest BCUT2D eigenvalue weighted by Crippen LogP contribution is 2.56. The van der Waals surface area contributed by atoms with E-state index in [4.69, 9.17) is 34.4 Å². The van der Waals surface area contributed by atoms with Crippen LogP contribution in [0, 0.1) is 15.5 Å². The molecule has 0 unspecified atom stereocenters. The molecule has 20 heteroatoms. The van der Waals surface area contributed by atoms with Gasteiger partial charge in [0.15, 0.2) is 11.4 Å². The summed E-state index contributed by atoms with van der Waals surface area (Å²) < 4.78 is 63.1. The number of benzene rings is 3. The van der Waals surface area contributed by atoms with E-state index in [1.807, 2.05) is 17.0 Å². The van der Waals surface area contributed by atoms with Crippen molar-refractivity contribution < 1.29 is 41.8 Å². The molecular formula is C54H63N9O10S. The number of nitrogens with one attached hydrogen (secondary N) is 2. The molecule has 390 valence electrons. The van der Waals surface area contributed by atoms with Crippen molar-refractivity contribution >= 4 is 55.2 Å². The minimum Gasteiger partial charge on any atom is -0.489 e.